The van der Waals surface area contributed by atoms with E-state index in [1.807, 2.05) is 48.5 Å². The van der Waals surface area contributed by atoms with Crippen molar-refractivity contribution in [2.75, 3.05) is 18.4 Å². The summed E-state index contributed by atoms with van der Waals surface area (Å²) in [6.07, 6.45) is 2.57. The number of sulfonamides is 1. The summed E-state index contributed by atoms with van der Waals surface area (Å²) in [4.78, 5) is 17.2. The molecular weight excluding hydrogens is 458 g/mol. The number of amides is 1. The highest BCUT2D eigenvalue weighted by molar-refractivity contribution is 7.89. The van der Waals surface area contributed by atoms with Crippen LogP contribution in [0.2, 0.25) is 0 Å². The van der Waals surface area contributed by atoms with E-state index in [0.29, 0.717) is 41.8 Å². The first-order valence-corrected chi connectivity index (χ1v) is 12.8. The third kappa shape index (κ3) is 4.50. The first kappa shape index (κ1) is 21.6. The average Bonchev–Trinajstić information content (AvgIpc) is 3.33. The number of rotatable bonds is 5. The molecule has 0 aliphatic carbocycles. The van der Waals surface area contributed by atoms with E-state index in [1.165, 1.54) is 15.6 Å². The zero-order valence-corrected chi connectivity index (χ0v) is 19.2. The van der Waals surface area contributed by atoms with Crippen LogP contribution in [0.25, 0.3) is 21.5 Å². The second-order valence-electron chi connectivity index (χ2n) is 7.80. The number of piperidine rings is 1. The van der Waals surface area contributed by atoms with Crippen molar-refractivity contribution in [2.45, 2.75) is 17.7 Å². The summed E-state index contributed by atoms with van der Waals surface area (Å²) in [5.41, 5.74) is 0.697. The van der Waals surface area contributed by atoms with Gasteiger partial charge in [-0.2, -0.15) is 4.31 Å². The lowest BCUT2D eigenvalue weighted by atomic mass is 9.97. The standard InChI is InChI=1S/C23H21N5O3S2/c29-21(25-23-27-26-22(32-23)20-7-3-4-12-24-20)17-10-13-28(14-11-17)33(30,31)19-9-8-16-5-1-2-6-18(16)15-19/h1-9,12,15,17H,10-11,13-14H2,(H,25,27,29). The van der Waals surface area contributed by atoms with E-state index in [2.05, 4.69) is 20.5 Å². The summed E-state index contributed by atoms with van der Waals surface area (Å²) >= 11 is 1.26. The van der Waals surface area contributed by atoms with Crippen LogP contribution >= 0.6 is 11.3 Å². The highest BCUT2D eigenvalue weighted by Gasteiger charge is 2.32. The van der Waals surface area contributed by atoms with E-state index in [4.69, 9.17) is 0 Å². The van der Waals surface area contributed by atoms with Gasteiger partial charge >= 0.3 is 0 Å². The summed E-state index contributed by atoms with van der Waals surface area (Å²) in [6.45, 7) is 0.588. The Kier molecular flexibility index (Phi) is 5.88. The maximum absolute atomic E-state index is 13.1. The van der Waals surface area contributed by atoms with Gasteiger partial charge in [0.05, 0.1) is 4.90 Å². The Morgan fingerprint density at radius 3 is 2.48 bits per heavy atom. The van der Waals surface area contributed by atoms with Gasteiger partial charge in [-0.25, -0.2) is 8.42 Å². The number of aromatic nitrogens is 3. The molecule has 0 bridgehead atoms. The molecule has 2 aromatic carbocycles. The van der Waals surface area contributed by atoms with Crippen LogP contribution in [0.5, 0.6) is 0 Å². The van der Waals surface area contributed by atoms with Gasteiger partial charge in [-0.05, 0) is 47.9 Å². The fraction of sp³-hybridized carbons (Fsp3) is 0.217. The molecule has 0 atom stereocenters. The maximum Gasteiger partial charge on any atom is 0.243 e. The molecule has 1 aliphatic rings. The van der Waals surface area contributed by atoms with Gasteiger partial charge in [-0.1, -0.05) is 47.7 Å². The van der Waals surface area contributed by atoms with Crippen LogP contribution in [0, 0.1) is 5.92 Å². The predicted molar refractivity (Wildman–Crippen MR) is 127 cm³/mol. The molecule has 1 aliphatic heterocycles. The SMILES string of the molecule is O=C(Nc1nnc(-c2ccccn2)s1)C1CCN(S(=O)(=O)c2ccc3ccccc3c2)CC1. The molecule has 1 fully saturated rings. The predicted octanol–water partition coefficient (Wildman–Crippen LogP) is 3.79. The molecular formula is C23H21N5O3S2. The van der Waals surface area contributed by atoms with Gasteiger partial charge in [-0.15, -0.1) is 10.2 Å². The monoisotopic (exact) mass is 479 g/mol. The Morgan fingerprint density at radius 2 is 1.73 bits per heavy atom. The minimum absolute atomic E-state index is 0.165. The summed E-state index contributed by atoms with van der Waals surface area (Å²) in [5, 5.41) is 13.9. The van der Waals surface area contributed by atoms with Gasteiger partial charge < -0.3 is 5.32 Å². The van der Waals surface area contributed by atoms with Crippen molar-refractivity contribution in [1.29, 1.82) is 0 Å². The third-order valence-electron chi connectivity index (χ3n) is 5.72. The van der Waals surface area contributed by atoms with Gasteiger partial charge in [0.2, 0.25) is 21.1 Å². The topological polar surface area (TPSA) is 105 Å². The summed E-state index contributed by atoms with van der Waals surface area (Å²) < 4.78 is 27.7. The third-order valence-corrected chi connectivity index (χ3v) is 8.48. The normalized spacial score (nSPS) is 15.5. The molecule has 1 saturated heterocycles. The van der Waals surface area contributed by atoms with Gasteiger partial charge in [0, 0.05) is 25.2 Å². The summed E-state index contributed by atoms with van der Waals surface area (Å²) in [6, 6.07) is 18.4. The first-order chi connectivity index (χ1) is 16.0. The van der Waals surface area contributed by atoms with Crippen molar-refractivity contribution in [3.63, 3.8) is 0 Å². The molecule has 5 rings (SSSR count). The first-order valence-electron chi connectivity index (χ1n) is 10.6. The lowest BCUT2D eigenvalue weighted by molar-refractivity contribution is -0.120. The van der Waals surface area contributed by atoms with Crippen molar-refractivity contribution >= 4 is 43.2 Å². The maximum atomic E-state index is 13.1. The molecule has 1 N–H and O–H groups in total. The number of anilines is 1. The molecule has 0 spiro atoms. The van der Waals surface area contributed by atoms with Gasteiger partial charge in [-0.3, -0.25) is 9.78 Å². The molecule has 8 nitrogen and oxygen atoms in total. The number of pyridine rings is 1. The van der Waals surface area contributed by atoms with Crippen LogP contribution in [0.1, 0.15) is 12.8 Å². The molecule has 10 heteroatoms. The van der Waals surface area contributed by atoms with Crippen molar-refractivity contribution in [1.82, 2.24) is 19.5 Å². The van der Waals surface area contributed by atoms with Crippen LogP contribution in [0.3, 0.4) is 0 Å². The minimum Gasteiger partial charge on any atom is -0.300 e. The van der Waals surface area contributed by atoms with Gasteiger partial charge in [0.15, 0.2) is 5.01 Å². The van der Waals surface area contributed by atoms with Crippen LogP contribution in [0.4, 0.5) is 5.13 Å². The highest BCUT2D eigenvalue weighted by Crippen LogP contribution is 2.28. The van der Waals surface area contributed by atoms with Crippen LogP contribution in [0.15, 0.2) is 71.8 Å². The Bertz CT molecular complexity index is 1400. The number of nitrogens with one attached hydrogen (secondary N) is 1. The van der Waals surface area contributed by atoms with Crippen LogP contribution in [-0.2, 0) is 14.8 Å². The Labute approximate surface area is 195 Å². The lowest BCUT2D eigenvalue weighted by Crippen LogP contribution is -2.41. The van der Waals surface area contributed by atoms with Crippen LogP contribution in [-0.4, -0.2) is 46.9 Å². The van der Waals surface area contributed by atoms with Gasteiger partial charge in [0.25, 0.3) is 0 Å². The molecule has 3 heterocycles. The van der Waals surface area contributed by atoms with Crippen LogP contribution < -0.4 is 5.32 Å². The number of carbonyl (C=O) groups is 1. The van der Waals surface area contributed by atoms with E-state index in [0.717, 1.165) is 10.8 Å². The van der Waals surface area contributed by atoms with Crippen molar-refractivity contribution in [3.8, 4) is 10.7 Å². The summed E-state index contributed by atoms with van der Waals surface area (Å²) in [7, 11) is -3.61. The van der Waals surface area contributed by atoms with Crippen molar-refractivity contribution < 1.29 is 13.2 Å². The highest BCUT2D eigenvalue weighted by atomic mass is 32.2. The quantitative estimate of drug-likeness (QED) is 0.467. The smallest absolute Gasteiger partial charge is 0.243 e. The average molecular weight is 480 g/mol. The van der Waals surface area contributed by atoms with E-state index in [9.17, 15) is 13.2 Å². The number of fused-ring (bicyclic) bond motifs is 1. The van der Waals surface area contributed by atoms with E-state index in [1.54, 1.807) is 18.3 Å². The molecule has 0 unspecified atom stereocenters. The number of carbonyl (C=O) groups excluding carboxylic acids is 1. The summed E-state index contributed by atoms with van der Waals surface area (Å²) in [5.74, 6) is -0.447. The number of hydrogen-bond acceptors (Lipinski definition) is 7. The minimum atomic E-state index is -3.61. The van der Waals surface area contributed by atoms with E-state index in [-0.39, 0.29) is 16.7 Å². The Balaban J connectivity index is 1.22. The lowest BCUT2D eigenvalue weighted by Gasteiger charge is -2.30. The largest absolute Gasteiger partial charge is 0.300 e. The number of hydrogen-bond donors (Lipinski definition) is 1. The molecule has 4 aromatic rings. The Hall–Kier alpha value is -3.21. The van der Waals surface area contributed by atoms with E-state index >= 15 is 0 Å². The number of nitrogens with zero attached hydrogens (tertiary/aromatic N) is 4. The fourth-order valence-electron chi connectivity index (χ4n) is 3.91. The molecule has 168 valence electrons. The zero-order valence-electron chi connectivity index (χ0n) is 17.6. The zero-order chi connectivity index (χ0) is 22.8. The number of benzene rings is 2. The molecule has 0 saturated carbocycles. The van der Waals surface area contributed by atoms with E-state index < -0.39 is 10.0 Å². The molecule has 2 aromatic heterocycles. The van der Waals surface area contributed by atoms with Gasteiger partial charge in [0.1, 0.15) is 5.69 Å². The second-order valence-corrected chi connectivity index (χ2v) is 10.7. The second kappa shape index (κ2) is 8.97. The Morgan fingerprint density at radius 1 is 0.970 bits per heavy atom. The fourth-order valence-corrected chi connectivity index (χ4v) is 6.14. The van der Waals surface area contributed by atoms with Crippen molar-refractivity contribution in [2.24, 2.45) is 5.92 Å². The molecule has 1 amide bonds. The molecule has 33 heavy (non-hydrogen) atoms. The molecule has 0 radical (unpaired) electrons. The van der Waals surface area contributed by atoms with Crippen molar-refractivity contribution in [3.05, 3.63) is 66.9 Å².